The van der Waals surface area contributed by atoms with Gasteiger partial charge in [0, 0.05) is 10.0 Å². The van der Waals surface area contributed by atoms with Crippen LogP contribution in [0.25, 0.3) is 0 Å². The van der Waals surface area contributed by atoms with Crippen molar-refractivity contribution in [3.8, 4) is 0 Å². The average molecular weight is 326 g/mol. The van der Waals surface area contributed by atoms with E-state index in [0.29, 0.717) is 0 Å². The number of rotatable bonds is 2. The molecule has 0 radical (unpaired) electrons. The molecule has 0 aliphatic heterocycles. The van der Waals surface area contributed by atoms with Gasteiger partial charge in [0.2, 0.25) is 0 Å². The molecule has 0 aliphatic carbocycles. The number of halogens is 3. The highest BCUT2D eigenvalue weighted by Gasteiger charge is 2.16. The average Bonchev–Trinajstić information content (AvgIpc) is 2.37. The number of nitrogens with two attached hydrogens (primary N) is 1. The van der Waals surface area contributed by atoms with Crippen molar-refractivity contribution in [3.05, 3.63) is 68.7 Å². The maximum absolute atomic E-state index is 13.7. The molecule has 0 saturated heterocycles. The highest BCUT2D eigenvalue weighted by atomic mass is 79.9. The molecule has 2 N–H and O–H groups in total. The second-order valence-electron chi connectivity index (χ2n) is 4.61. The summed E-state index contributed by atoms with van der Waals surface area (Å²) in [4.78, 5) is 0. The number of aryl methyl sites for hydroxylation is 2. The van der Waals surface area contributed by atoms with Crippen LogP contribution in [0.1, 0.15) is 28.3 Å². The lowest BCUT2D eigenvalue weighted by Gasteiger charge is -2.16. The van der Waals surface area contributed by atoms with Crippen LogP contribution < -0.4 is 5.73 Å². The molecule has 2 aromatic carbocycles. The standard InChI is InChI=1S/C15H14BrF2N/c1-8-5-10(6-9(2)14(8)16)15(19)12-7-11(17)3-4-13(12)18/h3-7,15H,19H2,1-2H3. The molecular weight excluding hydrogens is 312 g/mol. The van der Waals surface area contributed by atoms with Crippen LogP contribution >= 0.6 is 15.9 Å². The van der Waals surface area contributed by atoms with E-state index in [0.717, 1.165) is 39.4 Å². The van der Waals surface area contributed by atoms with E-state index in [9.17, 15) is 8.78 Å². The molecule has 19 heavy (non-hydrogen) atoms. The van der Waals surface area contributed by atoms with Gasteiger partial charge in [0.15, 0.2) is 0 Å². The first-order valence-electron chi connectivity index (χ1n) is 5.87. The Morgan fingerprint density at radius 1 is 1.05 bits per heavy atom. The van der Waals surface area contributed by atoms with Gasteiger partial charge in [0.05, 0.1) is 6.04 Å². The van der Waals surface area contributed by atoms with Crippen molar-refractivity contribution in [1.82, 2.24) is 0 Å². The van der Waals surface area contributed by atoms with Gasteiger partial charge in [0.1, 0.15) is 11.6 Å². The lowest BCUT2D eigenvalue weighted by Crippen LogP contribution is -2.14. The maximum Gasteiger partial charge on any atom is 0.128 e. The van der Waals surface area contributed by atoms with Gasteiger partial charge in [-0.1, -0.05) is 28.1 Å². The largest absolute Gasteiger partial charge is 0.320 e. The second-order valence-corrected chi connectivity index (χ2v) is 5.41. The highest BCUT2D eigenvalue weighted by molar-refractivity contribution is 9.10. The molecule has 0 aromatic heterocycles. The van der Waals surface area contributed by atoms with Crippen molar-refractivity contribution in [3.63, 3.8) is 0 Å². The SMILES string of the molecule is Cc1cc(C(N)c2cc(F)ccc2F)cc(C)c1Br. The monoisotopic (exact) mass is 325 g/mol. The molecular formula is C15H14BrF2N. The predicted molar refractivity (Wildman–Crippen MR) is 76.0 cm³/mol. The summed E-state index contributed by atoms with van der Waals surface area (Å²) in [7, 11) is 0. The molecule has 0 saturated carbocycles. The fourth-order valence-corrected chi connectivity index (χ4v) is 2.32. The Bertz CT molecular complexity index is 603. The smallest absolute Gasteiger partial charge is 0.128 e. The summed E-state index contributed by atoms with van der Waals surface area (Å²) in [6.45, 7) is 3.88. The van der Waals surface area contributed by atoms with Crippen molar-refractivity contribution in [2.24, 2.45) is 5.73 Å². The van der Waals surface area contributed by atoms with Crippen LogP contribution in [0.5, 0.6) is 0 Å². The van der Waals surface area contributed by atoms with Gasteiger partial charge in [-0.2, -0.15) is 0 Å². The third-order valence-corrected chi connectivity index (χ3v) is 4.36. The van der Waals surface area contributed by atoms with E-state index in [4.69, 9.17) is 5.73 Å². The first-order valence-corrected chi connectivity index (χ1v) is 6.66. The van der Waals surface area contributed by atoms with E-state index in [-0.39, 0.29) is 5.56 Å². The molecule has 0 bridgehead atoms. The van der Waals surface area contributed by atoms with Crippen LogP contribution in [0.15, 0.2) is 34.8 Å². The molecule has 1 unspecified atom stereocenters. The van der Waals surface area contributed by atoms with Gasteiger partial charge < -0.3 is 5.73 Å². The van der Waals surface area contributed by atoms with Gasteiger partial charge in [-0.15, -0.1) is 0 Å². The summed E-state index contributed by atoms with van der Waals surface area (Å²) in [5.41, 5.74) is 9.02. The van der Waals surface area contributed by atoms with Crippen LogP contribution in [0.2, 0.25) is 0 Å². The Kier molecular flexibility index (Phi) is 4.02. The summed E-state index contributed by atoms with van der Waals surface area (Å²) < 4.78 is 27.9. The van der Waals surface area contributed by atoms with Crippen LogP contribution in [0, 0.1) is 25.5 Å². The van der Waals surface area contributed by atoms with Crippen molar-refractivity contribution in [1.29, 1.82) is 0 Å². The fourth-order valence-electron chi connectivity index (χ4n) is 2.09. The Hall–Kier alpha value is -1.26. The topological polar surface area (TPSA) is 26.0 Å². The molecule has 100 valence electrons. The zero-order chi connectivity index (χ0) is 14.2. The summed E-state index contributed by atoms with van der Waals surface area (Å²) in [5.74, 6) is -0.982. The van der Waals surface area contributed by atoms with Crippen molar-refractivity contribution in [2.45, 2.75) is 19.9 Å². The quantitative estimate of drug-likeness (QED) is 0.870. The summed E-state index contributed by atoms with van der Waals surface area (Å²) in [6.07, 6.45) is 0. The molecule has 4 heteroatoms. The molecule has 1 nitrogen and oxygen atoms in total. The molecule has 0 heterocycles. The first kappa shape index (κ1) is 14.2. The molecule has 2 rings (SSSR count). The fraction of sp³-hybridized carbons (Fsp3) is 0.200. The lowest BCUT2D eigenvalue weighted by molar-refractivity contribution is 0.576. The van der Waals surface area contributed by atoms with Crippen molar-refractivity contribution in [2.75, 3.05) is 0 Å². The Morgan fingerprint density at radius 3 is 2.21 bits per heavy atom. The Balaban J connectivity index is 2.49. The summed E-state index contributed by atoms with van der Waals surface area (Å²) >= 11 is 3.47. The van der Waals surface area contributed by atoms with E-state index >= 15 is 0 Å². The van der Waals surface area contributed by atoms with E-state index in [1.165, 1.54) is 0 Å². The number of benzene rings is 2. The van der Waals surface area contributed by atoms with Crippen LogP contribution in [-0.2, 0) is 0 Å². The van der Waals surface area contributed by atoms with Crippen molar-refractivity contribution < 1.29 is 8.78 Å². The van der Waals surface area contributed by atoms with Gasteiger partial charge in [-0.25, -0.2) is 8.78 Å². The zero-order valence-electron chi connectivity index (χ0n) is 10.7. The van der Waals surface area contributed by atoms with Gasteiger partial charge in [-0.3, -0.25) is 0 Å². The highest BCUT2D eigenvalue weighted by Crippen LogP contribution is 2.28. The number of hydrogen-bond acceptors (Lipinski definition) is 1. The Labute approximate surface area is 119 Å². The van der Waals surface area contributed by atoms with Crippen LogP contribution in [-0.4, -0.2) is 0 Å². The van der Waals surface area contributed by atoms with E-state index in [1.807, 2.05) is 26.0 Å². The second kappa shape index (κ2) is 5.39. The van der Waals surface area contributed by atoms with Crippen LogP contribution in [0.3, 0.4) is 0 Å². The third kappa shape index (κ3) is 2.85. The minimum Gasteiger partial charge on any atom is -0.320 e. The molecule has 0 fully saturated rings. The minimum atomic E-state index is -0.679. The molecule has 0 spiro atoms. The van der Waals surface area contributed by atoms with E-state index < -0.39 is 17.7 Å². The van der Waals surface area contributed by atoms with Crippen LogP contribution in [0.4, 0.5) is 8.78 Å². The third-order valence-electron chi connectivity index (χ3n) is 3.11. The zero-order valence-corrected chi connectivity index (χ0v) is 12.3. The molecule has 0 aliphatic rings. The van der Waals surface area contributed by atoms with Gasteiger partial charge >= 0.3 is 0 Å². The van der Waals surface area contributed by atoms with Gasteiger partial charge in [-0.05, 0) is 48.7 Å². The maximum atomic E-state index is 13.7. The first-order chi connectivity index (χ1) is 8.90. The Morgan fingerprint density at radius 2 is 1.63 bits per heavy atom. The van der Waals surface area contributed by atoms with E-state index in [1.54, 1.807) is 0 Å². The molecule has 0 amide bonds. The number of hydrogen-bond donors (Lipinski definition) is 1. The predicted octanol–water partition coefficient (Wildman–Crippen LogP) is 4.39. The normalized spacial score (nSPS) is 12.5. The van der Waals surface area contributed by atoms with E-state index in [2.05, 4.69) is 15.9 Å². The minimum absolute atomic E-state index is 0.168. The summed E-state index contributed by atoms with van der Waals surface area (Å²) in [5, 5.41) is 0. The lowest BCUT2D eigenvalue weighted by atomic mass is 9.96. The molecule has 1 atom stereocenters. The van der Waals surface area contributed by atoms with Gasteiger partial charge in [0.25, 0.3) is 0 Å². The summed E-state index contributed by atoms with van der Waals surface area (Å²) in [6, 6.07) is 6.42. The molecule has 2 aromatic rings. The van der Waals surface area contributed by atoms with Crippen molar-refractivity contribution >= 4 is 15.9 Å².